The first-order valence-corrected chi connectivity index (χ1v) is 8.12. The van der Waals surface area contributed by atoms with Gasteiger partial charge in [0.1, 0.15) is 0 Å². The van der Waals surface area contributed by atoms with Gasteiger partial charge in [-0.05, 0) is 23.5 Å². The van der Waals surface area contributed by atoms with Gasteiger partial charge in [-0.15, -0.1) is 0 Å². The third-order valence-corrected chi connectivity index (χ3v) is 5.00. The first-order chi connectivity index (χ1) is 8.46. The lowest BCUT2D eigenvalue weighted by Crippen LogP contribution is -2.07. The Balaban J connectivity index is 2.01. The smallest absolute Gasteiger partial charge is 0.152 e. The Morgan fingerprint density at radius 3 is 2.44 bits per heavy atom. The monoisotopic (exact) mass is 265 g/mol. The number of benzene rings is 1. The maximum absolute atomic E-state index is 11.3. The van der Waals surface area contributed by atoms with Crippen molar-refractivity contribution < 1.29 is 8.42 Å². The number of rotatable bonds is 3. The second kappa shape index (κ2) is 5.22. The van der Waals surface area contributed by atoms with Crippen molar-refractivity contribution in [1.82, 2.24) is 0 Å². The Morgan fingerprint density at radius 1 is 1.28 bits per heavy atom. The highest BCUT2D eigenvalue weighted by atomic mass is 32.2. The molecule has 3 nitrogen and oxygen atoms in total. The van der Waals surface area contributed by atoms with E-state index in [1.165, 1.54) is 5.56 Å². The minimum Gasteiger partial charge on any atom is -0.288 e. The van der Waals surface area contributed by atoms with Gasteiger partial charge in [-0.3, -0.25) is 4.99 Å². The van der Waals surface area contributed by atoms with Crippen molar-refractivity contribution in [2.45, 2.75) is 32.2 Å². The largest absolute Gasteiger partial charge is 0.288 e. The van der Waals surface area contributed by atoms with Crippen LogP contribution in [0.5, 0.6) is 0 Å². The molecule has 1 atom stereocenters. The Hall–Kier alpha value is -1.16. The van der Waals surface area contributed by atoms with Crippen molar-refractivity contribution in [3.8, 4) is 0 Å². The molecule has 18 heavy (non-hydrogen) atoms. The van der Waals surface area contributed by atoms with E-state index >= 15 is 0 Å². The minimum atomic E-state index is -2.83. The maximum atomic E-state index is 11.3. The molecule has 4 heteroatoms. The van der Waals surface area contributed by atoms with E-state index < -0.39 is 9.84 Å². The highest BCUT2D eigenvalue weighted by Crippen LogP contribution is 2.16. The Morgan fingerprint density at radius 2 is 1.94 bits per heavy atom. The predicted octanol–water partition coefficient (Wildman–Crippen LogP) is 2.42. The van der Waals surface area contributed by atoms with Gasteiger partial charge in [0.2, 0.25) is 0 Å². The molecule has 1 saturated heterocycles. The SMILES string of the molecule is CC(C)c1ccc(C=N[C@H]2CCS(=O)(=O)C2)cc1. The zero-order valence-electron chi connectivity index (χ0n) is 10.8. The molecular formula is C14H19NO2S. The molecule has 1 fully saturated rings. The van der Waals surface area contributed by atoms with Crippen molar-refractivity contribution in [1.29, 1.82) is 0 Å². The first kappa shape index (κ1) is 13.3. The lowest BCUT2D eigenvalue weighted by molar-refractivity contribution is 0.601. The lowest BCUT2D eigenvalue weighted by atomic mass is 10.0. The highest BCUT2D eigenvalue weighted by molar-refractivity contribution is 7.91. The molecule has 0 N–H and O–H groups in total. The van der Waals surface area contributed by atoms with Crippen molar-refractivity contribution in [3.63, 3.8) is 0 Å². The molecular weight excluding hydrogens is 246 g/mol. The van der Waals surface area contributed by atoms with Crippen LogP contribution in [-0.4, -0.2) is 32.2 Å². The highest BCUT2D eigenvalue weighted by Gasteiger charge is 2.26. The van der Waals surface area contributed by atoms with Gasteiger partial charge in [-0.1, -0.05) is 38.1 Å². The number of hydrogen-bond acceptors (Lipinski definition) is 3. The number of hydrogen-bond donors (Lipinski definition) is 0. The van der Waals surface area contributed by atoms with Crippen LogP contribution in [0.25, 0.3) is 0 Å². The third kappa shape index (κ3) is 3.42. The molecule has 0 saturated carbocycles. The average Bonchev–Trinajstić information content (AvgIpc) is 2.67. The van der Waals surface area contributed by atoms with E-state index in [0.717, 1.165) is 5.56 Å². The lowest BCUT2D eigenvalue weighted by Gasteiger charge is -2.05. The molecule has 98 valence electrons. The summed E-state index contributed by atoms with van der Waals surface area (Å²) in [5.74, 6) is 1.01. The number of nitrogens with zero attached hydrogens (tertiary/aromatic N) is 1. The van der Waals surface area contributed by atoms with Crippen LogP contribution in [0.4, 0.5) is 0 Å². The van der Waals surface area contributed by atoms with E-state index in [4.69, 9.17) is 0 Å². The van der Waals surface area contributed by atoms with Crippen LogP contribution in [0.2, 0.25) is 0 Å². The van der Waals surface area contributed by atoms with Crippen LogP contribution >= 0.6 is 0 Å². The first-order valence-electron chi connectivity index (χ1n) is 6.30. The van der Waals surface area contributed by atoms with Crippen LogP contribution in [0.3, 0.4) is 0 Å². The molecule has 0 radical (unpaired) electrons. The average molecular weight is 265 g/mol. The molecule has 0 spiro atoms. The number of sulfone groups is 1. The molecule has 0 amide bonds. The van der Waals surface area contributed by atoms with E-state index in [0.29, 0.717) is 12.3 Å². The quantitative estimate of drug-likeness (QED) is 0.788. The van der Waals surface area contributed by atoms with Gasteiger partial charge < -0.3 is 0 Å². The van der Waals surface area contributed by atoms with Crippen LogP contribution in [0.15, 0.2) is 29.3 Å². The van der Waals surface area contributed by atoms with Gasteiger partial charge in [0.05, 0.1) is 17.5 Å². The van der Waals surface area contributed by atoms with Gasteiger partial charge in [0.15, 0.2) is 9.84 Å². The summed E-state index contributed by atoms with van der Waals surface area (Å²) in [5.41, 5.74) is 2.33. The fraction of sp³-hybridized carbons (Fsp3) is 0.500. The standard InChI is InChI=1S/C14H19NO2S/c1-11(2)13-5-3-12(4-6-13)9-15-14-7-8-18(16,17)10-14/h3-6,9,11,14H,7-8,10H2,1-2H3/t14-/m0/s1. The molecule has 2 rings (SSSR count). The third-order valence-electron chi connectivity index (χ3n) is 3.25. The topological polar surface area (TPSA) is 46.5 Å². The fourth-order valence-electron chi connectivity index (χ4n) is 2.05. The minimum absolute atomic E-state index is 0.0558. The maximum Gasteiger partial charge on any atom is 0.152 e. The van der Waals surface area contributed by atoms with Gasteiger partial charge in [-0.25, -0.2) is 8.42 Å². The van der Waals surface area contributed by atoms with Gasteiger partial charge >= 0.3 is 0 Å². The van der Waals surface area contributed by atoms with Crippen LogP contribution in [0, 0.1) is 0 Å². The second-order valence-electron chi connectivity index (χ2n) is 5.16. The summed E-state index contributed by atoms with van der Waals surface area (Å²) in [6.07, 6.45) is 2.44. The van der Waals surface area contributed by atoms with Crippen molar-refractivity contribution in [2.75, 3.05) is 11.5 Å². The number of aliphatic imine (C=N–C) groups is 1. The molecule has 0 aliphatic carbocycles. The van der Waals surface area contributed by atoms with Crippen molar-refractivity contribution >= 4 is 16.1 Å². The summed E-state index contributed by atoms with van der Waals surface area (Å²) in [7, 11) is -2.83. The Bertz CT molecular complexity index is 529. The second-order valence-corrected chi connectivity index (χ2v) is 7.39. The molecule has 1 aliphatic heterocycles. The molecule has 0 aromatic heterocycles. The summed E-state index contributed by atoms with van der Waals surface area (Å²) in [6, 6.07) is 8.19. The van der Waals surface area contributed by atoms with Crippen molar-refractivity contribution in [3.05, 3.63) is 35.4 Å². The van der Waals surface area contributed by atoms with Crippen LogP contribution in [-0.2, 0) is 9.84 Å². The Labute approximate surface area is 109 Å². The van der Waals surface area contributed by atoms with Gasteiger partial charge in [0, 0.05) is 6.21 Å². The zero-order valence-corrected chi connectivity index (χ0v) is 11.7. The van der Waals surface area contributed by atoms with Crippen LogP contribution < -0.4 is 0 Å². The van der Waals surface area contributed by atoms with E-state index in [2.05, 4.69) is 31.0 Å². The predicted molar refractivity (Wildman–Crippen MR) is 75.2 cm³/mol. The van der Waals surface area contributed by atoms with E-state index in [-0.39, 0.29) is 17.5 Å². The summed E-state index contributed by atoms with van der Waals surface area (Å²) >= 11 is 0. The summed E-state index contributed by atoms with van der Waals surface area (Å²) in [6.45, 7) is 4.32. The van der Waals surface area contributed by atoms with Gasteiger partial charge in [-0.2, -0.15) is 0 Å². The van der Waals surface area contributed by atoms with Gasteiger partial charge in [0.25, 0.3) is 0 Å². The molecule has 1 aromatic carbocycles. The Kier molecular flexibility index (Phi) is 3.85. The van der Waals surface area contributed by atoms with E-state index in [1.807, 2.05) is 12.1 Å². The molecule has 0 unspecified atom stereocenters. The van der Waals surface area contributed by atoms with E-state index in [9.17, 15) is 8.42 Å². The summed E-state index contributed by atoms with van der Waals surface area (Å²) in [5, 5.41) is 0. The van der Waals surface area contributed by atoms with E-state index in [1.54, 1.807) is 6.21 Å². The molecule has 0 bridgehead atoms. The molecule has 1 aliphatic rings. The zero-order chi connectivity index (χ0) is 13.2. The molecule has 1 heterocycles. The summed E-state index contributed by atoms with van der Waals surface area (Å²) < 4.78 is 22.6. The normalized spacial score (nSPS) is 22.9. The molecule has 1 aromatic rings. The van der Waals surface area contributed by atoms with Crippen molar-refractivity contribution in [2.24, 2.45) is 4.99 Å². The summed E-state index contributed by atoms with van der Waals surface area (Å²) in [4.78, 5) is 4.36. The van der Waals surface area contributed by atoms with Crippen LogP contribution in [0.1, 0.15) is 37.3 Å². The fourth-order valence-corrected chi connectivity index (χ4v) is 3.69.